The number of hydrogen-bond donors (Lipinski definition) is 1. The maximum Gasteiger partial charge on any atom is 0.309 e. The van der Waals surface area contributed by atoms with Gasteiger partial charge in [-0.3, -0.25) is 4.79 Å². The third-order valence-electron chi connectivity index (χ3n) is 5.18. The van der Waals surface area contributed by atoms with Gasteiger partial charge in [-0.25, -0.2) is 0 Å². The van der Waals surface area contributed by atoms with Gasteiger partial charge in [0.15, 0.2) is 0 Å². The minimum absolute atomic E-state index is 0.568. The van der Waals surface area contributed by atoms with E-state index in [1.165, 1.54) is 45.1 Å². The van der Waals surface area contributed by atoms with Gasteiger partial charge >= 0.3 is 5.97 Å². The number of carbonyl (C=O) groups is 1. The summed E-state index contributed by atoms with van der Waals surface area (Å²) in [7, 11) is 0. The number of nitrogens with zero attached hydrogens (tertiary/aromatic N) is 1. The Morgan fingerprint density at radius 3 is 2.63 bits per heavy atom. The van der Waals surface area contributed by atoms with Crippen LogP contribution in [0.3, 0.4) is 0 Å². The van der Waals surface area contributed by atoms with Gasteiger partial charge in [0.1, 0.15) is 0 Å². The normalized spacial score (nSPS) is 28.9. The number of piperidine rings is 1. The van der Waals surface area contributed by atoms with Crippen molar-refractivity contribution in [3.8, 4) is 0 Å². The highest BCUT2D eigenvalue weighted by atomic mass is 16.4. The molecule has 0 bridgehead atoms. The van der Waals surface area contributed by atoms with Gasteiger partial charge in [-0.15, -0.1) is 0 Å². The smallest absolute Gasteiger partial charge is 0.309 e. The highest BCUT2D eigenvalue weighted by Gasteiger charge is 2.33. The zero-order chi connectivity index (χ0) is 13.9. The van der Waals surface area contributed by atoms with Crippen molar-refractivity contribution in [1.82, 2.24) is 4.90 Å². The molecule has 0 aromatic rings. The fraction of sp³-hybridized carbons (Fsp3) is 0.938. The Bertz CT molecular complexity index is 312. The first-order valence-corrected chi connectivity index (χ1v) is 7.98. The van der Waals surface area contributed by atoms with Gasteiger partial charge in [0, 0.05) is 6.04 Å². The summed E-state index contributed by atoms with van der Waals surface area (Å²) in [4.78, 5) is 13.8. The molecule has 2 rings (SSSR count). The molecular weight excluding hydrogens is 238 g/mol. The summed E-state index contributed by atoms with van der Waals surface area (Å²) in [6, 6.07) is 0.801. The minimum Gasteiger partial charge on any atom is -0.481 e. The second-order valence-corrected chi connectivity index (χ2v) is 7.08. The summed E-state index contributed by atoms with van der Waals surface area (Å²) in [5.41, 5.74) is -0.568. The average Bonchev–Trinajstić information content (AvgIpc) is 2.38. The molecule has 19 heavy (non-hydrogen) atoms. The van der Waals surface area contributed by atoms with Gasteiger partial charge in [-0.2, -0.15) is 0 Å². The summed E-state index contributed by atoms with van der Waals surface area (Å²) in [5, 5.41) is 9.15. The molecule has 0 aromatic carbocycles. The fourth-order valence-corrected chi connectivity index (χ4v) is 3.84. The van der Waals surface area contributed by atoms with Crippen LogP contribution in [0.25, 0.3) is 0 Å². The van der Waals surface area contributed by atoms with Gasteiger partial charge in [0.05, 0.1) is 5.41 Å². The first-order valence-electron chi connectivity index (χ1n) is 7.98. The van der Waals surface area contributed by atoms with Crippen molar-refractivity contribution in [2.45, 2.75) is 71.3 Å². The van der Waals surface area contributed by atoms with Gasteiger partial charge < -0.3 is 10.0 Å². The predicted octanol–water partition coefficient (Wildman–Crippen LogP) is 3.53. The monoisotopic (exact) mass is 267 g/mol. The number of carboxylic acids is 1. The van der Waals surface area contributed by atoms with Crippen LogP contribution in [0.1, 0.15) is 65.2 Å². The molecule has 3 nitrogen and oxygen atoms in total. The van der Waals surface area contributed by atoms with E-state index in [0.29, 0.717) is 0 Å². The van der Waals surface area contributed by atoms with Crippen LogP contribution in [0.2, 0.25) is 0 Å². The molecule has 0 unspecified atom stereocenters. The number of hydrogen-bond acceptors (Lipinski definition) is 2. The molecule has 0 amide bonds. The standard InChI is InChI=1S/C16H29NO2/c1-16(2,15(18)19)10-6-12-17-11-5-8-13-7-3-4-9-14(13)17/h13-14H,3-12H2,1-2H3,(H,18,19)/t13-,14-/m1/s1. The van der Waals surface area contributed by atoms with Gasteiger partial charge in [-0.05, 0) is 71.4 Å². The van der Waals surface area contributed by atoms with Gasteiger partial charge in [0.2, 0.25) is 0 Å². The molecule has 1 aliphatic heterocycles. The average molecular weight is 267 g/mol. The lowest BCUT2D eigenvalue weighted by Crippen LogP contribution is -2.47. The van der Waals surface area contributed by atoms with Crippen LogP contribution in [0, 0.1) is 11.3 Å². The largest absolute Gasteiger partial charge is 0.481 e. The summed E-state index contributed by atoms with van der Waals surface area (Å²) in [6.45, 7) is 6.01. The number of rotatable bonds is 5. The van der Waals surface area contributed by atoms with Crippen molar-refractivity contribution < 1.29 is 9.90 Å². The summed E-state index contributed by atoms with van der Waals surface area (Å²) in [6.07, 6.45) is 10.2. The molecule has 0 spiro atoms. The van der Waals surface area contributed by atoms with Gasteiger partial charge in [0.25, 0.3) is 0 Å². The quantitative estimate of drug-likeness (QED) is 0.828. The first-order chi connectivity index (χ1) is 9.00. The number of likely N-dealkylation sites (tertiary alicyclic amines) is 1. The molecular formula is C16H29NO2. The molecule has 3 heteroatoms. The van der Waals surface area contributed by atoms with E-state index in [1.54, 1.807) is 0 Å². The van der Waals surface area contributed by atoms with Crippen molar-refractivity contribution in [3.63, 3.8) is 0 Å². The Balaban J connectivity index is 1.80. The van der Waals surface area contributed by atoms with Crippen LogP contribution in [0.15, 0.2) is 0 Å². The van der Waals surface area contributed by atoms with Crippen molar-refractivity contribution in [1.29, 1.82) is 0 Å². The molecule has 0 radical (unpaired) electrons. The SMILES string of the molecule is CC(C)(CCCN1CCC[C@H]2CCCC[C@H]21)C(=O)O. The summed E-state index contributed by atoms with van der Waals surface area (Å²) in [5.74, 6) is 0.261. The molecule has 1 heterocycles. The summed E-state index contributed by atoms with van der Waals surface area (Å²) < 4.78 is 0. The van der Waals surface area contributed by atoms with Crippen LogP contribution in [-0.2, 0) is 4.79 Å². The number of aliphatic carboxylic acids is 1. The Kier molecular flexibility index (Phi) is 4.88. The lowest BCUT2D eigenvalue weighted by Gasteiger charge is -2.44. The number of carboxylic acid groups (broad SMARTS) is 1. The minimum atomic E-state index is -0.665. The van der Waals surface area contributed by atoms with E-state index >= 15 is 0 Å². The van der Waals surface area contributed by atoms with Crippen LogP contribution >= 0.6 is 0 Å². The fourth-order valence-electron chi connectivity index (χ4n) is 3.84. The third kappa shape index (κ3) is 3.71. The Morgan fingerprint density at radius 2 is 1.89 bits per heavy atom. The Hall–Kier alpha value is -0.570. The van der Waals surface area contributed by atoms with E-state index < -0.39 is 11.4 Å². The Morgan fingerprint density at radius 1 is 1.21 bits per heavy atom. The van der Waals surface area contributed by atoms with Crippen LogP contribution in [0.4, 0.5) is 0 Å². The molecule has 110 valence electrons. The third-order valence-corrected chi connectivity index (χ3v) is 5.18. The second-order valence-electron chi connectivity index (χ2n) is 7.08. The predicted molar refractivity (Wildman–Crippen MR) is 77.2 cm³/mol. The van der Waals surface area contributed by atoms with E-state index in [0.717, 1.165) is 31.3 Å². The maximum absolute atomic E-state index is 11.1. The highest BCUT2D eigenvalue weighted by molar-refractivity contribution is 5.73. The maximum atomic E-state index is 11.1. The van der Waals surface area contributed by atoms with Crippen molar-refractivity contribution in [3.05, 3.63) is 0 Å². The summed E-state index contributed by atoms with van der Waals surface area (Å²) >= 11 is 0. The molecule has 2 fully saturated rings. The van der Waals surface area contributed by atoms with Crippen LogP contribution in [-0.4, -0.2) is 35.1 Å². The number of fused-ring (bicyclic) bond motifs is 1. The second kappa shape index (κ2) is 6.25. The zero-order valence-electron chi connectivity index (χ0n) is 12.5. The molecule has 1 saturated heterocycles. The van der Waals surface area contributed by atoms with Crippen molar-refractivity contribution >= 4 is 5.97 Å². The van der Waals surface area contributed by atoms with E-state index in [9.17, 15) is 4.79 Å². The van der Waals surface area contributed by atoms with Crippen LogP contribution < -0.4 is 0 Å². The van der Waals surface area contributed by atoms with E-state index in [2.05, 4.69) is 4.90 Å². The molecule has 0 aromatic heterocycles. The van der Waals surface area contributed by atoms with Crippen LogP contribution in [0.5, 0.6) is 0 Å². The lowest BCUT2D eigenvalue weighted by molar-refractivity contribution is -0.147. The topological polar surface area (TPSA) is 40.5 Å². The molecule has 2 atom stereocenters. The van der Waals surface area contributed by atoms with Crippen molar-refractivity contribution in [2.75, 3.05) is 13.1 Å². The first kappa shape index (κ1) is 14.8. The molecule has 1 saturated carbocycles. The Labute approximate surface area is 117 Å². The van der Waals surface area contributed by atoms with E-state index in [1.807, 2.05) is 13.8 Å². The lowest BCUT2D eigenvalue weighted by atomic mass is 9.78. The molecule has 2 aliphatic rings. The molecule has 1 N–H and O–H groups in total. The van der Waals surface area contributed by atoms with Crippen molar-refractivity contribution in [2.24, 2.45) is 11.3 Å². The van der Waals surface area contributed by atoms with E-state index in [4.69, 9.17) is 5.11 Å². The zero-order valence-corrected chi connectivity index (χ0v) is 12.5. The van der Waals surface area contributed by atoms with E-state index in [-0.39, 0.29) is 0 Å². The highest BCUT2D eigenvalue weighted by Crippen LogP contribution is 2.35. The van der Waals surface area contributed by atoms with Gasteiger partial charge in [-0.1, -0.05) is 12.8 Å². The molecule has 1 aliphatic carbocycles.